The maximum atomic E-state index is 12.4. The van der Waals surface area contributed by atoms with Gasteiger partial charge in [0.2, 0.25) is 5.91 Å². The van der Waals surface area contributed by atoms with Crippen LogP contribution in [0.1, 0.15) is 21.5 Å². The summed E-state index contributed by atoms with van der Waals surface area (Å²) in [6.45, 7) is -0.464. The van der Waals surface area contributed by atoms with Gasteiger partial charge in [-0.3, -0.25) is 4.79 Å². The van der Waals surface area contributed by atoms with Crippen molar-refractivity contribution in [2.45, 2.75) is 0 Å². The molecule has 0 aliphatic heterocycles. The monoisotopic (exact) mass is 528 g/mol. The number of hydrogen-bond acceptors (Lipinski definition) is 7. The van der Waals surface area contributed by atoms with Crippen LogP contribution >= 0.6 is 0 Å². The smallest absolute Gasteiger partial charge is 0.341 e. The molecule has 0 aliphatic carbocycles. The number of aromatic hydroxyl groups is 1. The second-order valence-electron chi connectivity index (χ2n) is 9.11. The topological polar surface area (TPSA) is 136 Å². The lowest BCUT2D eigenvalue weighted by atomic mass is 10.00. The number of ether oxygens (including phenoxy) is 1. The highest BCUT2D eigenvalue weighted by molar-refractivity contribution is 6.22. The minimum Gasteiger partial charge on any atom is -0.494 e. The summed E-state index contributed by atoms with van der Waals surface area (Å²) in [6.07, 6.45) is 0. The van der Waals surface area contributed by atoms with E-state index < -0.39 is 18.5 Å². The summed E-state index contributed by atoms with van der Waals surface area (Å²) in [5.74, 6) is -2.24. The molecule has 3 aromatic carbocycles. The van der Waals surface area contributed by atoms with E-state index in [-0.39, 0.29) is 23.9 Å². The number of rotatable bonds is 9. The highest BCUT2D eigenvalue weighted by atomic mass is 16.5. The molecule has 1 aromatic heterocycles. The van der Waals surface area contributed by atoms with Crippen LogP contribution in [-0.2, 0) is 14.3 Å². The van der Waals surface area contributed by atoms with Crippen molar-refractivity contribution in [1.82, 2.24) is 9.88 Å². The van der Waals surface area contributed by atoms with Crippen LogP contribution in [0.25, 0.3) is 10.9 Å². The Bertz CT molecular complexity index is 1540. The maximum absolute atomic E-state index is 12.4. The lowest BCUT2D eigenvalue weighted by Crippen LogP contribution is -2.34. The predicted octanol–water partition coefficient (Wildman–Crippen LogP) is 3.81. The number of anilines is 1. The molecule has 3 N–H and O–H groups in total. The van der Waals surface area contributed by atoms with Crippen LogP contribution in [0.15, 0.2) is 77.8 Å². The number of carboxylic acids is 1. The van der Waals surface area contributed by atoms with Gasteiger partial charge in [-0.05, 0) is 50.5 Å². The average molecular weight is 529 g/mol. The molecule has 0 spiro atoms. The molecule has 10 nitrogen and oxygen atoms in total. The number of benzene rings is 3. The minimum absolute atomic E-state index is 0.0452. The van der Waals surface area contributed by atoms with Crippen LogP contribution in [0.4, 0.5) is 11.4 Å². The van der Waals surface area contributed by atoms with Gasteiger partial charge in [-0.25, -0.2) is 14.6 Å². The Hall–Kier alpha value is -4.96. The van der Waals surface area contributed by atoms with Crippen molar-refractivity contribution in [1.29, 1.82) is 0 Å². The van der Waals surface area contributed by atoms with Gasteiger partial charge in [0.1, 0.15) is 0 Å². The standard InChI is InChI=1S/C29H28N4O6/c1-32(2)16-24(34)33(3)21-12-10-20(11-13-21)30-27(18-7-5-4-6-8-18)26-22-14-9-19(15-23(22)31-28(26)37)29(38)39-17-25(35)36/h4-15,31,37H,16-17H2,1-3H3,(H,35,36). The summed E-state index contributed by atoms with van der Waals surface area (Å²) in [7, 11) is 5.39. The summed E-state index contributed by atoms with van der Waals surface area (Å²) < 4.78 is 4.77. The van der Waals surface area contributed by atoms with Crippen molar-refractivity contribution in [2.24, 2.45) is 4.99 Å². The lowest BCUT2D eigenvalue weighted by molar-refractivity contribution is -0.140. The quantitative estimate of drug-likeness (QED) is 0.222. The van der Waals surface area contributed by atoms with E-state index in [1.807, 2.05) is 44.4 Å². The summed E-state index contributed by atoms with van der Waals surface area (Å²) in [5, 5.41) is 20.3. The summed E-state index contributed by atoms with van der Waals surface area (Å²) >= 11 is 0. The number of nitrogens with one attached hydrogen (secondary N) is 1. The van der Waals surface area contributed by atoms with E-state index in [1.54, 1.807) is 47.2 Å². The van der Waals surface area contributed by atoms with E-state index in [0.717, 1.165) is 11.3 Å². The van der Waals surface area contributed by atoms with Crippen LogP contribution in [0, 0.1) is 0 Å². The lowest BCUT2D eigenvalue weighted by Gasteiger charge is -2.19. The zero-order valence-corrected chi connectivity index (χ0v) is 21.7. The fraction of sp³-hybridized carbons (Fsp3) is 0.172. The predicted molar refractivity (Wildman–Crippen MR) is 148 cm³/mol. The first-order valence-corrected chi connectivity index (χ1v) is 12.0. The molecule has 0 aliphatic rings. The molecule has 1 amide bonds. The van der Waals surface area contributed by atoms with E-state index in [0.29, 0.717) is 27.9 Å². The first kappa shape index (κ1) is 27.1. The molecule has 1 heterocycles. The van der Waals surface area contributed by atoms with Gasteiger partial charge < -0.3 is 29.7 Å². The molecule has 0 saturated carbocycles. The first-order valence-electron chi connectivity index (χ1n) is 12.0. The summed E-state index contributed by atoms with van der Waals surface area (Å²) in [4.78, 5) is 46.5. The zero-order chi connectivity index (χ0) is 28.1. The Morgan fingerprint density at radius 2 is 1.62 bits per heavy atom. The second-order valence-corrected chi connectivity index (χ2v) is 9.11. The van der Waals surface area contributed by atoms with Gasteiger partial charge in [-0.2, -0.15) is 0 Å². The SMILES string of the molecule is CN(C)CC(=O)N(C)c1ccc(N=C(c2ccccc2)c2c(O)[nH]c3cc(C(=O)OCC(=O)O)ccc23)cc1. The molecule has 10 heteroatoms. The summed E-state index contributed by atoms with van der Waals surface area (Å²) in [6, 6.07) is 21.2. The van der Waals surface area contributed by atoms with Gasteiger partial charge in [0.05, 0.1) is 29.1 Å². The van der Waals surface area contributed by atoms with Crippen molar-refractivity contribution < 1.29 is 29.3 Å². The number of aliphatic imine (C=N–C) groups is 1. The number of nitrogens with zero attached hydrogens (tertiary/aromatic N) is 3. The second kappa shape index (κ2) is 11.6. The number of carbonyl (C=O) groups is 3. The molecule has 0 bridgehead atoms. The number of esters is 1. The van der Waals surface area contributed by atoms with Crippen LogP contribution in [0.3, 0.4) is 0 Å². The van der Waals surface area contributed by atoms with E-state index in [1.165, 1.54) is 12.1 Å². The largest absolute Gasteiger partial charge is 0.494 e. The Morgan fingerprint density at radius 1 is 0.923 bits per heavy atom. The number of fused-ring (bicyclic) bond motifs is 1. The Labute approximate surface area is 224 Å². The maximum Gasteiger partial charge on any atom is 0.341 e. The molecule has 4 rings (SSSR count). The number of carboxylic acid groups (broad SMARTS) is 1. The van der Waals surface area contributed by atoms with E-state index in [4.69, 9.17) is 14.8 Å². The minimum atomic E-state index is -1.26. The number of hydrogen-bond donors (Lipinski definition) is 3. The molecule has 4 aromatic rings. The molecule has 39 heavy (non-hydrogen) atoms. The van der Waals surface area contributed by atoms with Crippen molar-refractivity contribution >= 4 is 45.8 Å². The molecule has 0 radical (unpaired) electrons. The van der Waals surface area contributed by atoms with Crippen molar-refractivity contribution in [3.63, 3.8) is 0 Å². The van der Waals surface area contributed by atoms with Crippen molar-refractivity contribution in [3.05, 3.63) is 89.5 Å². The molecule has 0 saturated heterocycles. The number of amides is 1. The molecule has 0 fully saturated rings. The van der Waals surface area contributed by atoms with Crippen LogP contribution in [0.2, 0.25) is 0 Å². The Balaban J connectivity index is 1.73. The fourth-order valence-electron chi connectivity index (χ4n) is 4.02. The normalized spacial score (nSPS) is 11.5. The summed E-state index contributed by atoms with van der Waals surface area (Å²) in [5.41, 5.74) is 3.59. The number of carbonyl (C=O) groups excluding carboxylic acids is 2. The number of likely N-dealkylation sites (N-methyl/N-ethyl adjacent to an activating group) is 2. The van der Waals surface area contributed by atoms with Crippen LogP contribution in [0.5, 0.6) is 5.88 Å². The molecule has 200 valence electrons. The van der Waals surface area contributed by atoms with Gasteiger partial charge in [0.15, 0.2) is 12.5 Å². The van der Waals surface area contributed by atoms with Gasteiger partial charge in [-0.15, -0.1) is 0 Å². The van der Waals surface area contributed by atoms with E-state index >= 15 is 0 Å². The highest BCUT2D eigenvalue weighted by Crippen LogP contribution is 2.32. The van der Waals surface area contributed by atoms with E-state index in [9.17, 15) is 19.5 Å². The third kappa shape index (κ3) is 6.31. The third-order valence-corrected chi connectivity index (χ3v) is 5.93. The number of aromatic nitrogens is 1. The number of aliphatic carboxylic acids is 1. The third-order valence-electron chi connectivity index (χ3n) is 5.93. The van der Waals surface area contributed by atoms with E-state index in [2.05, 4.69) is 4.98 Å². The molecule has 0 unspecified atom stereocenters. The number of H-pyrrole nitrogens is 1. The molecular formula is C29H28N4O6. The van der Waals surface area contributed by atoms with Gasteiger partial charge in [0.25, 0.3) is 0 Å². The fourth-order valence-corrected chi connectivity index (χ4v) is 4.02. The molecule has 0 atom stereocenters. The average Bonchev–Trinajstić information content (AvgIpc) is 3.25. The number of aromatic amines is 1. The van der Waals surface area contributed by atoms with Crippen LogP contribution < -0.4 is 4.90 Å². The van der Waals surface area contributed by atoms with Gasteiger partial charge in [-0.1, -0.05) is 36.4 Å². The first-order chi connectivity index (χ1) is 18.6. The van der Waals surface area contributed by atoms with Crippen LogP contribution in [-0.4, -0.2) is 77.9 Å². The highest BCUT2D eigenvalue weighted by Gasteiger charge is 2.20. The van der Waals surface area contributed by atoms with Gasteiger partial charge >= 0.3 is 11.9 Å². The Kier molecular flexibility index (Phi) is 8.07. The van der Waals surface area contributed by atoms with Gasteiger partial charge in [0, 0.05) is 29.2 Å². The Morgan fingerprint density at radius 3 is 2.26 bits per heavy atom. The van der Waals surface area contributed by atoms with Crippen molar-refractivity contribution in [2.75, 3.05) is 39.2 Å². The molecular weight excluding hydrogens is 500 g/mol. The van der Waals surface area contributed by atoms with Crippen molar-refractivity contribution in [3.8, 4) is 5.88 Å². The zero-order valence-electron chi connectivity index (χ0n) is 21.7.